The van der Waals surface area contributed by atoms with Crippen molar-refractivity contribution >= 4 is 17.5 Å². The molecule has 0 saturated carbocycles. The maximum Gasteiger partial charge on any atom is 0.267 e. The standard InChI is InChI=1S/C21H22ClN3O/c1-13-17(12-16-10-6-7-11-18(16)22)21(26)25-20(23-13)19(14(2)24-25)15-8-4-3-5-9-15/h3-11,14,19-20,23-24H,12H2,1-2H3. The lowest BCUT2D eigenvalue weighted by Gasteiger charge is -2.35. The fourth-order valence-corrected chi connectivity index (χ4v) is 4.16. The van der Waals surface area contributed by atoms with Crippen LogP contribution in [0.15, 0.2) is 65.9 Å². The van der Waals surface area contributed by atoms with E-state index in [2.05, 4.69) is 29.8 Å². The highest BCUT2D eigenvalue weighted by Gasteiger charge is 2.46. The number of nitrogens with one attached hydrogen (secondary N) is 2. The molecule has 1 amide bonds. The van der Waals surface area contributed by atoms with Crippen molar-refractivity contribution in [2.45, 2.75) is 38.4 Å². The SMILES string of the molecule is CC1=C(Cc2ccccc2Cl)C(=O)N2NC(C)C(c3ccccc3)C2N1. The lowest BCUT2D eigenvalue weighted by molar-refractivity contribution is -0.132. The molecule has 5 heteroatoms. The van der Waals surface area contributed by atoms with E-state index in [4.69, 9.17) is 11.6 Å². The minimum atomic E-state index is -0.0881. The zero-order valence-electron chi connectivity index (χ0n) is 14.9. The summed E-state index contributed by atoms with van der Waals surface area (Å²) in [4.78, 5) is 13.2. The van der Waals surface area contributed by atoms with Crippen molar-refractivity contribution in [3.8, 4) is 0 Å². The Kier molecular flexibility index (Phi) is 4.47. The normalized spacial score (nSPS) is 25.3. The molecule has 4 rings (SSSR count). The summed E-state index contributed by atoms with van der Waals surface area (Å²) in [6.07, 6.45) is 0.432. The Morgan fingerprint density at radius 3 is 2.50 bits per heavy atom. The van der Waals surface area contributed by atoms with Crippen LogP contribution >= 0.6 is 11.6 Å². The average Bonchev–Trinajstić information content (AvgIpc) is 2.97. The summed E-state index contributed by atoms with van der Waals surface area (Å²) in [6, 6.07) is 18.2. The van der Waals surface area contributed by atoms with Crippen LogP contribution in [0.2, 0.25) is 5.02 Å². The van der Waals surface area contributed by atoms with Crippen LogP contribution < -0.4 is 10.7 Å². The van der Waals surface area contributed by atoms with Crippen LogP contribution in [0.1, 0.15) is 30.9 Å². The van der Waals surface area contributed by atoms with E-state index < -0.39 is 0 Å². The van der Waals surface area contributed by atoms with Gasteiger partial charge in [-0.05, 0) is 31.0 Å². The molecule has 2 aromatic rings. The van der Waals surface area contributed by atoms with Crippen molar-refractivity contribution in [3.05, 3.63) is 82.0 Å². The zero-order chi connectivity index (χ0) is 18.3. The fraction of sp³-hybridized carbons (Fsp3) is 0.286. The van der Waals surface area contributed by atoms with Crippen LogP contribution in [0.4, 0.5) is 0 Å². The van der Waals surface area contributed by atoms with Gasteiger partial charge in [-0.3, -0.25) is 9.80 Å². The minimum Gasteiger partial charge on any atom is -0.367 e. The molecule has 2 N–H and O–H groups in total. The Balaban J connectivity index is 1.65. The molecule has 2 aromatic carbocycles. The Hall–Kier alpha value is -2.30. The van der Waals surface area contributed by atoms with Gasteiger partial charge in [-0.2, -0.15) is 0 Å². The predicted octanol–water partition coefficient (Wildman–Crippen LogP) is 3.60. The first-order chi connectivity index (χ1) is 12.6. The van der Waals surface area contributed by atoms with Crippen molar-refractivity contribution in [2.75, 3.05) is 0 Å². The molecule has 134 valence electrons. The summed E-state index contributed by atoms with van der Waals surface area (Å²) in [7, 11) is 0. The van der Waals surface area contributed by atoms with Gasteiger partial charge in [0, 0.05) is 34.7 Å². The number of allylic oxidation sites excluding steroid dienone is 1. The molecule has 0 radical (unpaired) electrons. The molecule has 2 aliphatic heterocycles. The molecule has 0 spiro atoms. The molecular formula is C21H22ClN3O. The molecule has 4 nitrogen and oxygen atoms in total. The van der Waals surface area contributed by atoms with Crippen molar-refractivity contribution in [3.63, 3.8) is 0 Å². The van der Waals surface area contributed by atoms with Crippen molar-refractivity contribution in [1.82, 2.24) is 15.8 Å². The van der Waals surface area contributed by atoms with Crippen LogP contribution in [0.25, 0.3) is 0 Å². The van der Waals surface area contributed by atoms with Gasteiger partial charge in [0.25, 0.3) is 5.91 Å². The number of hydrogen-bond donors (Lipinski definition) is 2. The number of halogens is 1. The second kappa shape index (κ2) is 6.78. The minimum absolute atomic E-state index is 0.0245. The van der Waals surface area contributed by atoms with Crippen LogP contribution in [0.3, 0.4) is 0 Å². The number of benzene rings is 2. The van der Waals surface area contributed by atoms with Crippen molar-refractivity contribution in [1.29, 1.82) is 0 Å². The first-order valence-electron chi connectivity index (χ1n) is 8.90. The Labute approximate surface area is 158 Å². The quantitative estimate of drug-likeness (QED) is 0.871. The average molecular weight is 368 g/mol. The number of hydrogen-bond acceptors (Lipinski definition) is 3. The van der Waals surface area contributed by atoms with E-state index in [-0.39, 0.29) is 24.0 Å². The summed E-state index contributed by atoms with van der Waals surface area (Å²) in [5.41, 5.74) is 7.22. The number of amides is 1. The number of rotatable bonds is 3. The molecule has 2 heterocycles. The van der Waals surface area contributed by atoms with E-state index in [0.29, 0.717) is 11.4 Å². The van der Waals surface area contributed by atoms with Crippen molar-refractivity contribution in [2.24, 2.45) is 0 Å². The summed E-state index contributed by atoms with van der Waals surface area (Å²) < 4.78 is 0. The van der Waals surface area contributed by atoms with Crippen LogP contribution in [0, 0.1) is 0 Å². The highest BCUT2D eigenvalue weighted by Crippen LogP contribution is 2.35. The lowest BCUT2D eigenvalue weighted by Crippen LogP contribution is -2.54. The first kappa shape index (κ1) is 17.1. The molecular weight excluding hydrogens is 346 g/mol. The van der Waals surface area contributed by atoms with Crippen molar-refractivity contribution < 1.29 is 4.79 Å². The largest absolute Gasteiger partial charge is 0.367 e. The maximum atomic E-state index is 13.2. The summed E-state index contributed by atoms with van der Waals surface area (Å²) in [5, 5.41) is 6.00. The molecule has 26 heavy (non-hydrogen) atoms. The van der Waals surface area contributed by atoms with Gasteiger partial charge in [0.1, 0.15) is 6.17 Å². The Morgan fingerprint density at radius 1 is 1.08 bits per heavy atom. The molecule has 2 aliphatic rings. The number of nitrogens with zero attached hydrogens (tertiary/aromatic N) is 1. The van der Waals surface area contributed by atoms with Crippen LogP contribution in [-0.4, -0.2) is 23.1 Å². The van der Waals surface area contributed by atoms with E-state index in [0.717, 1.165) is 16.8 Å². The van der Waals surface area contributed by atoms with Gasteiger partial charge in [-0.1, -0.05) is 60.1 Å². The molecule has 1 saturated heterocycles. The third-order valence-corrected chi connectivity index (χ3v) is 5.67. The van der Waals surface area contributed by atoms with Gasteiger partial charge in [0.15, 0.2) is 0 Å². The van der Waals surface area contributed by atoms with E-state index in [9.17, 15) is 4.79 Å². The Morgan fingerprint density at radius 2 is 1.77 bits per heavy atom. The number of carbonyl (C=O) groups excluding carboxylic acids is 1. The van der Waals surface area contributed by atoms with E-state index in [1.54, 1.807) is 5.01 Å². The van der Waals surface area contributed by atoms with Gasteiger partial charge in [0.2, 0.25) is 0 Å². The van der Waals surface area contributed by atoms with Gasteiger partial charge in [-0.15, -0.1) is 0 Å². The second-order valence-corrected chi connectivity index (χ2v) is 7.40. The third kappa shape index (κ3) is 2.89. The third-order valence-electron chi connectivity index (χ3n) is 5.30. The number of hydrazine groups is 1. The smallest absolute Gasteiger partial charge is 0.267 e. The molecule has 0 bridgehead atoms. The molecule has 3 atom stereocenters. The maximum absolute atomic E-state index is 13.2. The van der Waals surface area contributed by atoms with Gasteiger partial charge in [-0.25, -0.2) is 5.43 Å². The van der Waals surface area contributed by atoms with Crippen LogP contribution in [0.5, 0.6) is 0 Å². The highest BCUT2D eigenvalue weighted by molar-refractivity contribution is 6.31. The lowest BCUT2D eigenvalue weighted by atomic mass is 9.90. The highest BCUT2D eigenvalue weighted by atomic mass is 35.5. The van der Waals surface area contributed by atoms with Crippen LogP contribution in [-0.2, 0) is 11.2 Å². The fourth-order valence-electron chi connectivity index (χ4n) is 3.95. The first-order valence-corrected chi connectivity index (χ1v) is 9.28. The summed E-state index contributed by atoms with van der Waals surface area (Å²) in [5.74, 6) is 0.216. The molecule has 0 aliphatic carbocycles. The zero-order valence-corrected chi connectivity index (χ0v) is 15.6. The van der Waals surface area contributed by atoms with Gasteiger partial charge >= 0.3 is 0 Å². The second-order valence-electron chi connectivity index (χ2n) is 6.99. The predicted molar refractivity (Wildman–Crippen MR) is 103 cm³/mol. The van der Waals surface area contributed by atoms with E-state index in [1.165, 1.54) is 5.56 Å². The Bertz CT molecular complexity index is 865. The summed E-state index contributed by atoms with van der Waals surface area (Å²) >= 11 is 6.29. The van der Waals surface area contributed by atoms with Gasteiger partial charge in [0.05, 0.1) is 0 Å². The monoisotopic (exact) mass is 367 g/mol. The molecule has 3 unspecified atom stereocenters. The van der Waals surface area contributed by atoms with E-state index in [1.807, 2.05) is 49.4 Å². The van der Waals surface area contributed by atoms with E-state index >= 15 is 0 Å². The number of fused-ring (bicyclic) bond motifs is 1. The molecule has 0 aromatic heterocycles. The number of carbonyl (C=O) groups is 1. The molecule has 1 fully saturated rings. The topological polar surface area (TPSA) is 44.4 Å². The van der Waals surface area contributed by atoms with Gasteiger partial charge < -0.3 is 5.32 Å². The summed E-state index contributed by atoms with van der Waals surface area (Å²) in [6.45, 7) is 4.10.